The van der Waals surface area contributed by atoms with Crippen molar-refractivity contribution in [3.8, 4) is 11.1 Å². The molecule has 3 heterocycles. The highest BCUT2D eigenvalue weighted by Gasteiger charge is 2.34. The van der Waals surface area contributed by atoms with Crippen LogP contribution in [-0.2, 0) is 20.8 Å². The molecule has 1 saturated heterocycles. The van der Waals surface area contributed by atoms with Gasteiger partial charge in [0.05, 0.1) is 32.0 Å². The number of nitrogens with two attached hydrogens (primary N) is 2. The van der Waals surface area contributed by atoms with Crippen LogP contribution in [0.4, 0.5) is 5.95 Å². The number of anilines is 1. The van der Waals surface area contributed by atoms with E-state index in [-0.39, 0.29) is 39.1 Å². The third kappa shape index (κ3) is 3.35. The Hall–Kier alpha value is -3.00. The molecule has 1 unspecified atom stereocenters. The van der Waals surface area contributed by atoms with Crippen molar-refractivity contribution in [2.45, 2.75) is 15.0 Å². The van der Waals surface area contributed by atoms with E-state index in [1.807, 2.05) is 6.07 Å². The molecular weight excluding hydrogens is 440 g/mol. The fourth-order valence-corrected chi connectivity index (χ4v) is 6.48. The topological polar surface area (TPSA) is 181 Å². The lowest BCUT2D eigenvalue weighted by molar-refractivity contribution is 0.525. The van der Waals surface area contributed by atoms with Gasteiger partial charge in [0.1, 0.15) is 4.90 Å². The summed E-state index contributed by atoms with van der Waals surface area (Å²) in [5.41, 5.74) is 8.31. The highest BCUT2D eigenvalue weighted by Crippen LogP contribution is 2.37. The number of aromatic nitrogens is 2. The van der Waals surface area contributed by atoms with Gasteiger partial charge in [0, 0.05) is 24.2 Å². The number of hydrogen-bond donors (Lipinski definition) is 4. The van der Waals surface area contributed by atoms with Gasteiger partial charge in [-0.3, -0.25) is 4.21 Å². The maximum atomic E-state index is 13.1. The van der Waals surface area contributed by atoms with Crippen LogP contribution in [0.5, 0.6) is 0 Å². The second-order valence-corrected chi connectivity index (χ2v) is 10.3. The van der Waals surface area contributed by atoms with E-state index in [2.05, 4.69) is 30.5 Å². The molecule has 160 valence electrons. The first-order valence-electron chi connectivity index (χ1n) is 9.32. The third-order valence-electron chi connectivity index (χ3n) is 5.16. The Labute approximate surface area is 179 Å². The van der Waals surface area contributed by atoms with E-state index in [4.69, 9.17) is 10.9 Å². The highest BCUT2D eigenvalue weighted by atomic mass is 32.2. The summed E-state index contributed by atoms with van der Waals surface area (Å²) in [5, 5.41) is 16.4. The minimum Gasteiger partial charge on any atom is -0.369 e. The summed E-state index contributed by atoms with van der Waals surface area (Å²) < 4.78 is 38.7. The number of nitrogens with one attached hydrogen (secondary N) is 2. The first kappa shape index (κ1) is 19.9. The number of benzene rings is 2. The van der Waals surface area contributed by atoms with Crippen molar-refractivity contribution in [3.63, 3.8) is 0 Å². The fraction of sp³-hybridized carbons (Fsp3) is 0.222. The van der Waals surface area contributed by atoms with Gasteiger partial charge in [-0.05, 0) is 17.7 Å². The zero-order valence-corrected chi connectivity index (χ0v) is 17.7. The van der Waals surface area contributed by atoms with Crippen LogP contribution in [0.2, 0.25) is 0 Å². The largest absolute Gasteiger partial charge is 0.369 e. The second kappa shape index (κ2) is 7.30. The molecule has 1 atom stereocenters. The number of nitrogens with zero attached hydrogens (tertiary/aromatic N) is 4. The minimum absolute atomic E-state index is 0.0677. The molecule has 1 fully saturated rings. The van der Waals surface area contributed by atoms with E-state index in [1.54, 1.807) is 18.2 Å². The third-order valence-corrected chi connectivity index (χ3v) is 8.00. The highest BCUT2D eigenvalue weighted by molar-refractivity contribution is 7.91. The maximum absolute atomic E-state index is 13.1. The lowest BCUT2D eigenvalue weighted by atomic mass is 9.97. The summed E-state index contributed by atoms with van der Waals surface area (Å²) in [5.74, 6) is 0.342. The van der Waals surface area contributed by atoms with Gasteiger partial charge >= 0.3 is 0 Å². The zero-order valence-electron chi connectivity index (χ0n) is 16.1. The monoisotopic (exact) mass is 458 g/mol. The van der Waals surface area contributed by atoms with Gasteiger partial charge < -0.3 is 16.0 Å². The van der Waals surface area contributed by atoms with Crippen molar-refractivity contribution in [2.24, 2.45) is 20.4 Å². The Morgan fingerprint density at radius 3 is 2.58 bits per heavy atom. The summed E-state index contributed by atoms with van der Waals surface area (Å²) in [6.45, 7) is 1.12. The molecule has 31 heavy (non-hydrogen) atoms. The molecule has 6 N–H and O–H groups in total. The molecule has 2 aliphatic rings. The van der Waals surface area contributed by atoms with Crippen molar-refractivity contribution >= 4 is 43.6 Å². The number of hydrogen-bond acceptors (Lipinski definition) is 9. The van der Waals surface area contributed by atoms with Crippen LogP contribution in [0, 0.1) is 0 Å². The van der Waals surface area contributed by atoms with Crippen molar-refractivity contribution < 1.29 is 12.6 Å². The molecule has 0 aliphatic carbocycles. The molecule has 1 aromatic heterocycles. The number of imidazole rings is 1. The van der Waals surface area contributed by atoms with Gasteiger partial charge in [-0.25, -0.2) is 23.5 Å². The molecule has 0 amide bonds. The Balaban J connectivity index is 1.85. The Bertz CT molecular complexity index is 1410. The molecule has 3 aromatic rings. The van der Waals surface area contributed by atoms with E-state index in [0.29, 0.717) is 35.2 Å². The molecule has 2 aromatic carbocycles. The standard InChI is InChI=1S/C18H18N8O3S2/c19-18-24-12-3-1-2-11(15(12)25-18)10-4-5-13(30(27)9-6-21-7-9)16(31(20,28)29)14(10)17-22-8-23-26-17/h1-5,9,21H,6-8H2,(H3,19,24,25)(H2,20,28,29). The first-order valence-corrected chi connectivity index (χ1v) is 12.1. The number of sulfonamides is 1. The van der Waals surface area contributed by atoms with Gasteiger partial charge in [-0.1, -0.05) is 18.2 Å². The molecule has 2 aliphatic heterocycles. The number of para-hydroxylation sites is 1. The predicted octanol–water partition coefficient (Wildman–Crippen LogP) is 0.709. The fourth-order valence-electron chi connectivity index (χ4n) is 3.67. The first-order chi connectivity index (χ1) is 14.8. The van der Waals surface area contributed by atoms with Crippen LogP contribution >= 0.6 is 0 Å². The van der Waals surface area contributed by atoms with Crippen molar-refractivity contribution in [2.75, 3.05) is 25.5 Å². The summed E-state index contributed by atoms with van der Waals surface area (Å²) in [7, 11) is -5.88. The normalized spacial score (nSPS) is 17.6. The molecule has 0 spiro atoms. The van der Waals surface area contributed by atoms with Gasteiger partial charge in [0.15, 0.2) is 18.5 Å². The van der Waals surface area contributed by atoms with Crippen molar-refractivity contribution in [1.29, 1.82) is 0 Å². The predicted molar refractivity (Wildman–Crippen MR) is 117 cm³/mol. The van der Waals surface area contributed by atoms with Gasteiger partial charge in [-0.2, -0.15) is 5.11 Å². The SMILES string of the molecule is Nc1nc2c(-c3ccc(S(=O)C4CNC4)c(S(N)(=O)=O)c3C3=NCN=N3)cccc2[nH]1. The number of azo groups is 1. The number of primary sulfonamides is 1. The molecule has 13 heteroatoms. The molecule has 0 saturated carbocycles. The smallest absolute Gasteiger partial charge is 0.240 e. The van der Waals surface area contributed by atoms with E-state index >= 15 is 0 Å². The van der Waals surface area contributed by atoms with Crippen LogP contribution in [0.25, 0.3) is 22.2 Å². The summed E-state index contributed by atoms with van der Waals surface area (Å²) in [6.07, 6.45) is 0. The van der Waals surface area contributed by atoms with Gasteiger partial charge in [0.2, 0.25) is 10.0 Å². The molecule has 0 bridgehead atoms. The number of rotatable bonds is 5. The summed E-state index contributed by atoms with van der Waals surface area (Å²) in [4.78, 5) is 11.4. The number of H-pyrrole nitrogens is 1. The maximum Gasteiger partial charge on any atom is 0.240 e. The summed E-state index contributed by atoms with van der Waals surface area (Å²) >= 11 is 0. The number of nitrogen functional groups attached to an aromatic ring is 1. The van der Waals surface area contributed by atoms with E-state index in [0.717, 1.165) is 0 Å². The quantitative estimate of drug-likeness (QED) is 0.437. The Kier molecular flexibility index (Phi) is 4.69. The average molecular weight is 459 g/mol. The van der Waals surface area contributed by atoms with E-state index in [9.17, 15) is 12.6 Å². The number of aromatic amines is 1. The lowest BCUT2D eigenvalue weighted by Gasteiger charge is -2.27. The Morgan fingerprint density at radius 2 is 1.94 bits per heavy atom. The minimum atomic E-state index is -4.29. The van der Waals surface area contributed by atoms with Crippen LogP contribution in [0.3, 0.4) is 0 Å². The second-order valence-electron chi connectivity index (χ2n) is 7.13. The van der Waals surface area contributed by atoms with Crippen LogP contribution < -0.4 is 16.2 Å². The molecular formula is C18H18N8O3S2. The van der Waals surface area contributed by atoms with Crippen LogP contribution in [-0.4, -0.2) is 53.4 Å². The van der Waals surface area contributed by atoms with E-state index < -0.39 is 20.8 Å². The average Bonchev–Trinajstić information content (AvgIpc) is 3.33. The van der Waals surface area contributed by atoms with Crippen molar-refractivity contribution in [3.05, 3.63) is 35.9 Å². The van der Waals surface area contributed by atoms with Gasteiger partial charge in [-0.15, -0.1) is 5.11 Å². The van der Waals surface area contributed by atoms with Gasteiger partial charge in [0.25, 0.3) is 0 Å². The van der Waals surface area contributed by atoms with Crippen molar-refractivity contribution in [1.82, 2.24) is 15.3 Å². The van der Waals surface area contributed by atoms with E-state index in [1.165, 1.54) is 6.07 Å². The van der Waals surface area contributed by atoms with Crippen LogP contribution in [0.1, 0.15) is 5.56 Å². The zero-order chi connectivity index (χ0) is 21.8. The number of aliphatic imine (C=N–C) groups is 1. The Morgan fingerprint density at radius 1 is 1.13 bits per heavy atom. The summed E-state index contributed by atoms with van der Waals surface area (Å²) in [6, 6.07) is 8.61. The lowest BCUT2D eigenvalue weighted by Crippen LogP contribution is -2.49. The molecule has 11 nitrogen and oxygen atoms in total. The number of fused-ring (bicyclic) bond motifs is 1. The number of amidine groups is 1. The molecule has 5 rings (SSSR count). The van der Waals surface area contributed by atoms with Crippen LogP contribution in [0.15, 0.2) is 55.3 Å². The molecule has 0 radical (unpaired) electrons.